The number of hydrogen-bond acceptors (Lipinski definition) is 14. The second-order valence-corrected chi connectivity index (χ2v) is 9.20. The van der Waals surface area contributed by atoms with Crippen molar-refractivity contribution in [2.45, 2.75) is 20.1 Å². The van der Waals surface area contributed by atoms with Crippen LogP contribution in [-0.4, -0.2) is 68.8 Å². The first kappa shape index (κ1) is 28.0. The molecule has 0 bridgehead atoms. The van der Waals surface area contributed by atoms with Crippen molar-refractivity contribution in [3.05, 3.63) is 58.2 Å². The van der Waals surface area contributed by atoms with Crippen molar-refractivity contribution >= 4 is 57.5 Å². The number of hydrogen-bond donors (Lipinski definition) is 2. The first-order chi connectivity index (χ1) is 18.3. The number of imidazole rings is 4. The Kier molecular flexibility index (Phi) is 8.50. The molecule has 0 spiro atoms. The van der Waals surface area contributed by atoms with Gasteiger partial charge in [-0.05, 0) is 43.3 Å². The average molecular weight is 578 g/mol. The summed E-state index contributed by atoms with van der Waals surface area (Å²) in [4.78, 5) is 58.3. The molecule has 0 amide bonds. The minimum atomic E-state index is -0.520. The SMILES string of the molecule is Cn1cnc([N+](=O)[O-])c1Sc1ncnc2nc[nH]c12.Cn1cnc([N+](=O)[O-])c1Sc1ncnc2nc[nH]c12.[Na+]. The molecule has 0 aliphatic rings. The van der Waals surface area contributed by atoms with E-state index in [4.69, 9.17) is 0 Å². The smallest absolute Gasteiger partial charge is 0.358 e. The molecule has 18 nitrogen and oxygen atoms in total. The summed E-state index contributed by atoms with van der Waals surface area (Å²) in [6.07, 6.45) is 8.53. The van der Waals surface area contributed by atoms with Gasteiger partial charge in [0.2, 0.25) is 12.7 Å². The standard InChI is InChI=1S/2C9H7N7O2S.Na/c2*1-15-4-14-7(16(17)18)9(15)19-8-5-6(11-2-10-5)12-3-13-8;/h2*2-4H,1H3,(H,10,11,12,13);/q;;+1. The fourth-order valence-corrected chi connectivity index (χ4v) is 5.01. The van der Waals surface area contributed by atoms with Crippen LogP contribution in [0.3, 0.4) is 0 Å². The zero-order valence-electron chi connectivity index (χ0n) is 20.3. The summed E-state index contributed by atoms with van der Waals surface area (Å²) in [7, 11) is 3.38. The van der Waals surface area contributed by atoms with E-state index in [0.717, 1.165) is 23.5 Å². The molecule has 0 aromatic carbocycles. The Morgan fingerprint density at radius 1 is 0.692 bits per heavy atom. The maximum atomic E-state index is 10.9. The van der Waals surface area contributed by atoms with Crippen LogP contribution in [-0.2, 0) is 14.1 Å². The Morgan fingerprint density at radius 3 is 1.49 bits per heavy atom. The van der Waals surface area contributed by atoms with Crippen LogP contribution in [0.2, 0.25) is 0 Å². The maximum Gasteiger partial charge on any atom is 1.00 e. The summed E-state index contributed by atoms with van der Waals surface area (Å²) >= 11 is 2.29. The van der Waals surface area contributed by atoms with E-state index in [-0.39, 0.29) is 41.2 Å². The van der Waals surface area contributed by atoms with Crippen molar-refractivity contribution in [2.75, 3.05) is 0 Å². The van der Waals surface area contributed by atoms with E-state index >= 15 is 0 Å². The monoisotopic (exact) mass is 577 g/mol. The molecule has 2 N–H and O–H groups in total. The number of rotatable bonds is 6. The third kappa shape index (κ3) is 5.73. The second kappa shape index (κ2) is 11.8. The molecule has 6 aromatic rings. The Bertz CT molecular complexity index is 1670. The molecular weight excluding hydrogens is 563 g/mol. The van der Waals surface area contributed by atoms with Gasteiger partial charge in [-0.1, -0.05) is 0 Å². The molecule has 0 unspecified atom stereocenters. The fraction of sp³-hybridized carbons (Fsp3) is 0.111. The number of nitrogens with zero attached hydrogens (tertiary/aromatic N) is 12. The van der Waals surface area contributed by atoms with E-state index in [1.807, 2.05) is 0 Å². The Labute approximate surface area is 247 Å². The minimum absolute atomic E-state index is 0. The predicted octanol–water partition coefficient (Wildman–Crippen LogP) is -0.704. The quantitative estimate of drug-likeness (QED) is 0.108. The number of aromatic nitrogens is 12. The molecule has 6 aromatic heterocycles. The van der Waals surface area contributed by atoms with Crippen LogP contribution in [0.15, 0.2) is 58.1 Å². The summed E-state index contributed by atoms with van der Waals surface area (Å²) in [5.74, 6) is -0.391. The zero-order valence-corrected chi connectivity index (χ0v) is 23.9. The molecule has 0 aliphatic carbocycles. The van der Waals surface area contributed by atoms with Crippen LogP contribution in [0.1, 0.15) is 0 Å². The van der Waals surface area contributed by atoms with Crippen molar-refractivity contribution in [3.8, 4) is 0 Å². The van der Waals surface area contributed by atoms with Crippen molar-refractivity contribution in [1.82, 2.24) is 59.0 Å². The summed E-state index contributed by atoms with van der Waals surface area (Å²) in [5, 5.41) is 23.7. The number of aromatic amines is 2. The van der Waals surface area contributed by atoms with E-state index in [0.29, 0.717) is 42.4 Å². The van der Waals surface area contributed by atoms with Gasteiger partial charge < -0.3 is 39.3 Å². The van der Waals surface area contributed by atoms with Gasteiger partial charge in [-0.2, -0.15) is 0 Å². The van der Waals surface area contributed by atoms with Crippen LogP contribution < -0.4 is 29.6 Å². The van der Waals surface area contributed by atoms with Crippen LogP contribution in [0.25, 0.3) is 22.3 Å². The molecule has 21 heteroatoms. The van der Waals surface area contributed by atoms with E-state index in [1.165, 1.54) is 38.0 Å². The van der Waals surface area contributed by atoms with Gasteiger partial charge in [0.05, 0.1) is 12.7 Å². The van der Waals surface area contributed by atoms with Gasteiger partial charge in [-0.15, -0.1) is 0 Å². The fourth-order valence-electron chi connectivity index (χ4n) is 3.12. The average Bonchev–Trinajstić information content (AvgIpc) is 3.68. The van der Waals surface area contributed by atoms with Crippen LogP contribution in [0.4, 0.5) is 11.6 Å². The van der Waals surface area contributed by atoms with Crippen molar-refractivity contribution in [1.29, 1.82) is 0 Å². The first-order valence-electron chi connectivity index (χ1n) is 10.3. The molecule has 0 atom stereocenters. The maximum absolute atomic E-state index is 10.9. The molecule has 6 heterocycles. The van der Waals surface area contributed by atoms with Gasteiger partial charge in [0.25, 0.3) is 0 Å². The first-order valence-corrected chi connectivity index (χ1v) is 11.9. The predicted molar refractivity (Wildman–Crippen MR) is 131 cm³/mol. The van der Waals surface area contributed by atoms with Crippen molar-refractivity contribution < 1.29 is 39.4 Å². The molecule has 0 saturated carbocycles. The zero-order chi connectivity index (χ0) is 26.8. The Morgan fingerprint density at radius 2 is 1.10 bits per heavy atom. The van der Waals surface area contributed by atoms with Crippen molar-refractivity contribution in [2.24, 2.45) is 14.1 Å². The molecular formula is C18H14N14NaO4S2+. The number of fused-ring (bicyclic) bond motifs is 2. The van der Waals surface area contributed by atoms with Gasteiger partial charge >= 0.3 is 41.2 Å². The van der Waals surface area contributed by atoms with Gasteiger partial charge in [0, 0.05) is 14.1 Å². The summed E-state index contributed by atoms with van der Waals surface area (Å²) in [6, 6.07) is 0. The minimum Gasteiger partial charge on any atom is -0.358 e. The summed E-state index contributed by atoms with van der Waals surface area (Å²) in [5.41, 5.74) is 2.32. The van der Waals surface area contributed by atoms with Crippen molar-refractivity contribution in [3.63, 3.8) is 0 Å². The Hall–Kier alpha value is -3.98. The van der Waals surface area contributed by atoms with E-state index in [1.54, 1.807) is 23.2 Å². The summed E-state index contributed by atoms with van der Waals surface area (Å²) < 4.78 is 3.15. The molecule has 0 radical (unpaired) electrons. The third-order valence-corrected chi connectivity index (χ3v) is 7.17. The van der Waals surface area contributed by atoms with E-state index in [9.17, 15) is 20.2 Å². The van der Waals surface area contributed by atoms with E-state index < -0.39 is 9.85 Å². The summed E-state index contributed by atoms with van der Waals surface area (Å²) in [6.45, 7) is 0. The second-order valence-electron chi connectivity index (χ2n) is 7.25. The van der Waals surface area contributed by atoms with Gasteiger partial charge in [-0.25, -0.2) is 29.9 Å². The topological polar surface area (TPSA) is 231 Å². The Balaban J connectivity index is 0.000000176. The van der Waals surface area contributed by atoms with E-state index in [2.05, 4.69) is 49.8 Å². The number of H-pyrrole nitrogens is 2. The van der Waals surface area contributed by atoms with Gasteiger partial charge in [0.1, 0.15) is 33.7 Å². The van der Waals surface area contributed by atoms with Gasteiger partial charge in [-0.3, -0.25) is 0 Å². The van der Waals surface area contributed by atoms with Crippen LogP contribution >= 0.6 is 23.5 Å². The molecule has 192 valence electrons. The molecule has 0 saturated heterocycles. The van der Waals surface area contributed by atoms with Crippen LogP contribution in [0.5, 0.6) is 0 Å². The normalized spacial score (nSPS) is 10.7. The number of nitro groups is 2. The third-order valence-electron chi connectivity index (χ3n) is 4.84. The van der Waals surface area contributed by atoms with Crippen LogP contribution in [0, 0.1) is 20.2 Å². The largest absolute Gasteiger partial charge is 1.00 e. The van der Waals surface area contributed by atoms with Gasteiger partial charge in [0.15, 0.2) is 21.3 Å². The number of aryl methyl sites for hydroxylation is 2. The molecule has 6 rings (SSSR count). The molecule has 39 heavy (non-hydrogen) atoms. The molecule has 0 aliphatic heterocycles. The number of nitrogens with one attached hydrogen (secondary N) is 2. The molecule has 0 fully saturated rings.